The summed E-state index contributed by atoms with van der Waals surface area (Å²) in [6, 6.07) is 4.42. The highest BCUT2D eigenvalue weighted by molar-refractivity contribution is 5.92. The fourth-order valence-electron chi connectivity index (χ4n) is 1.69. The first-order chi connectivity index (χ1) is 9.70. The molecule has 1 aromatic carbocycles. The van der Waals surface area contributed by atoms with Crippen LogP contribution in [0.4, 0.5) is 10.1 Å². The maximum absolute atomic E-state index is 13.9. The van der Waals surface area contributed by atoms with Gasteiger partial charge in [0, 0.05) is 5.69 Å². The number of aromatic nitrogens is 3. The average Bonchev–Trinajstić information content (AvgIpc) is 2.93. The second-order valence-electron chi connectivity index (χ2n) is 4.23. The highest BCUT2D eigenvalue weighted by Gasteiger charge is 2.08. The summed E-state index contributed by atoms with van der Waals surface area (Å²) in [5.41, 5.74) is 0.694. The molecule has 0 aliphatic heterocycles. The zero-order valence-corrected chi connectivity index (χ0v) is 11.1. The zero-order valence-electron chi connectivity index (χ0n) is 11.1. The number of carbonyl (C=O) groups is 1. The van der Waals surface area contributed by atoms with E-state index in [2.05, 4.69) is 20.7 Å². The van der Waals surface area contributed by atoms with E-state index in [9.17, 15) is 9.18 Å². The predicted molar refractivity (Wildman–Crippen MR) is 73.1 cm³/mol. The molecule has 0 aliphatic rings. The molecule has 0 unspecified atom stereocenters. The van der Waals surface area contributed by atoms with E-state index in [0.717, 1.165) is 13.0 Å². The summed E-state index contributed by atoms with van der Waals surface area (Å²) in [5.74, 6) is -0.679. The van der Waals surface area contributed by atoms with Crippen LogP contribution in [0.1, 0.15) is 13.3 Å². The van der Waals surface area contributed by atoms with E-state index in [-0.39, 0.29) is 18.1 Å². The molecular weight excluding hydrogens is 261 g/mol. The van der Waals surface area contributed by atoms with Gasteiger partial charge in [0.15, 0.2) is 5.82 Å². The van der Waals surface area contributed by atoms with Gasteiger partial charge in [-0.05, 0) is 31.2 Å². The van der Waals surface area contributed by atoms with Gasteiger partial charge in [-0.3, -0.25) is 4.79 Å². The minimum atomic E-state index is -0.477. The SMILES string of the molecule is CCCNCC(=O)Nc1ccc(-n2cncn2)c(F)c1. The van der Waals surface area contributed by atoms with Crippen molar-refractivity contribution in [1.29, 1.82) is 0 Å². The van der Waals surface area contributed by atoms with Crippen LogP contribution in [-0.2, 0) is 4.79 Å². The molecule has 0 spiro atoms. The molecule has 106 valence electrons. The Morgan fingerprint density at radius 2 is 2.30 bits per heavy atom. The molecule has 0 bridgehead atoms. The Labute approximate surface area is 116 Å². The van der Waals surface area contributed by atoms with Crippen molar-refractivity contribution < 1.29 is 9.18 Å². The molecule has 6 nitrogen and oxygen atoms in total. The molecule has 2 N–H and O–H groups in total. The Kier molecular flexibility index (Phi) is 4.78. The Morgan fingerprint density at radius 3 is 2.95 bits per heavy atom. The highest BCUT2D eigenvalue weighted by atomic mass is 19.1. The topological polar surface area (TPSA) is 71.8 Å². The van der Waals surface area contributed by atoms with Crippen LogP contribution in [0.2, 0.25) is 0 Å². The van der Waals surface area contributed by atoms with Crippen molar-refractivity contribution in [1.82, 2.24) is 20.1 Å². The summed E-state index contributed by atoms with van der Waals surface area (Å²) in [4.78, 5) is 15.3. The lowest BCUT2D eigenvalue weighted by atomic mass is 10.2. The number of nitrogens with one attached hydrogen (secondary N) is 2. The average molecular weight is 277 g/mol. The molecular formula is C13H16FN5O. The molecule has 0 atom stereocenters. The van der Waals surface area contributed by atoms with Gasteiger partial charge in [0.05, 0.1) is 6.54 Å². The van der Waals surface area contributed by atoms with Gasteiger partial charge in [-0.25, -0.2) is 14.1 Å². The maximum atomic E-state index is 13.9. The summed E-state index contributed by atoms with van der Waals surface area (Å²) in [6.07, 6.45) is 3.69. The van der Waals surface area contributed by atoms with Crippen molar-refractivity contribution in [3.8, 4) is 5.69 Å². The Balaban J connectivity index is 2.00. The van der Waals surface area contributed by atoms with Crippen LogP contribution in [0.25, 0.3) is 5.69 Å². The molecule has 20 heavy (non-hydrogen) atoms. The molecule has 0 saturated carbocycles. The molecule has 0 saturated heterocycles. The number of hydrogen-bond donors (Lipinski definition) is 2. The Hall–Kier alpha value is -2.28. The molecule has 0 fully saturated rings. The summed E-state index contributed by atoms with van der Waals surface area (Å²) in [6.45, 7) is 3.00. The second kappa shape index (κ2) is 6.76. The summed E-state index contributed by atoms with van der Waals surface area (Å²) >= 11 is 0. The fraction of sp³-hybridized carbons (Fsp3) is 0.308. The first-order valence-corrected chi connectivity index (χ1v) is 6.36. The smallest absolute Gasteiger partial charge is 0.238 e. The van der Waals surface area contributed by atoms with Gasteiger partial charge < -0.3 is 10.6 Å². The van der Waals surface area contributed by atoms with Crippen LogP contribution >= 0.6 is 0 Å². The third-order valence-corrected chi connectivity index (χ3v) is 2.61. The predicted octanol–water partition coefficient (Wildman–Crippen LogP) is 1.34. The van der Waals surface area contributed by atoms with E-state index in [0.29, 0.717) is 5.69 Å². The molecule has 1 heterocycles. The van der Waals surface area contributed by atoms with Gasteiger partial charge in [0.2, 0.25) is 5.91 Å². The van der Waals surface area contributed by atoms with Crippen molar-refractivity contribution in [3.05, 3.63) is 36.7 Å². The monoisotopic (exact) mass is 277 g/mol. The number of benzene rings is 1. The Morgan fingerprint density at radius 1 is 1.45 bits per heavy atom. The lowest BCUT2D eigenvalue weighted by Crippen LogP contribution is -2.28. The minimum Gasteiger partial charge on any atom is -0.325 e. The third kappa shape index (κ3) is 3.61. The first kappa shape index (κ1) is 14.1. The molecule has 0 aliphatic carbocycles. The highest BCUT2D eigenvalue weighted by Crippen LogP contribution is 2.17. The van der Waals surface area contributed by atoms with E-state index in [1.54, 1.807) is 12.1 Å². The van der Waals surface area contributed by atoms with E-state index < -0.39 is 5.82 Å². The van der Waals surface area contributed by atoms with Crippen molar-refractivity contribution >= 4 is 11.6 Å². The number of halogens is 1. The molecule has 0 radical (unpaired) electrons. The van der Waals surface area contributed by atoms with Crippen molar-refractivity contribution in [3.63, 3.8) is 0 Å². The van der Waals surface area contributed by atoms with Crippen LogP contribution in [0, 0.1) is 5.82 Å². The van der Waals surface area contributed by atoms with Gasteiger partial charge in [0.25, 0.3) is 0 Å². The number of hydrogen-bond acceptors (Lipinski definition) is 4. The maximum Gasteiger partial charge on any atom is 0.238 e. The largest absolute Gasteiger partial charge is 0.325 e. The van der Waals surface area contributed by atoms with E-state index in [1.165, 1.54) is 23.4 Å². The normalized spacial score (nSPS) is 10.5. The van der Waals surface area contributed by atoms with Crippen molar-refractivity contribution in [2.45, 2.75) is 13.3 Å². The lowest BCUT2D eigenvalue weighted by Gasteiger charge is -2.08. The van der Waals surface area contributed by atoms with Crippen LogP contribution in [0.15, 0.2) is 30.9 Å². The molecule has 2 aromatic rings. The standard InChI is InChI=1S/C13H16FN5O/c1-2-5-15-7-13(20)18-10-3-4-12(11(14)6-10)19-9-16-8-17-19/h3-4,6,8-9,15H,2,5,7H2,1H3,(H,18,20). The number of nitrogens with zero attached hydrogens (tertiary/aromatic N) is 3. The van der Waals surface area contributed by atoms with Gasteiger partial charge in [-0.1, -0.05) is 6.92 Å². The van der Waals surface area contributed by atoms with Crippen molar-refractivity contribution in [2.75, 3.05) is 18.4 Å². The van der Waals surface area contributed by atoms with Crippen LogP contribution in [0.3, 0.4) is 0 Å². The summed E-state index contributed by atoms with van der Waals surface area (Å²) in [7, 11) is 0. The number of carbonyl (C=O) groups excluding carboxylic acids is 1. The fourth-order valence-corrected chi connectivity index (χ4v) is 1.69. The quantitative estimate of drug-likeness (QED) is 0.782. The number of rotatable bonds is 6. The summed E-state index contributed by atoms with van der Waals surface area (Å²) < 4.78 is 15.2. The van der Waals surface area contributed by atoms with Gasteiger partial charge >= 0.3 is 0 Å². The molecule has 1 aromatic heterocycles. The second-order valence-corrected chi connectivity index (χ2v) is 4.23. The van der Waals surface area contributed by atoms with Crippen molar-refractivity contribution in [2.24, 2.45) is 0 Å². The lowest BCUT2D eigenvalue weighted by molar-refractivity contribution is -0.115. The first-order valence-electron chi connectivity index (χ1n) is 6.36. The van der Waals surface area contributed by atoms with E-state index >= 15 is 0 Å². The summed E-state index contributed by atoms with van der Waals surface area (Å²) in [5, 5.41) is 9.46. The zero-order chi connectivity index (χ0) is 14.4. The number of amides is 1. The van der Waals surface area contributed by atoms with Gasteiger partial charge in [-0.15, -0.1) is 0 Å². The van der Waals surface area contributed by atoms with Crippen LogP contribution in [-0.4, -0.2) is 33.8 Å². The van der Waals surface area contributed by atoms with Crippen LogP contribution in [0.5, 0.6) is 0 Å². The Bertz CT molecular complexity index is 570. The minimum absolute atomic E-state index is 0.202. The van der Waals surface area contributed by atoms with Gasteiger partial charge in [-0.2, -0.15) is 5.10 Å². The van der Waals surface area contributed by atoms with E-state index in [4.69, 9.17) is 0 Å². The molecule has 7 heteroatoms. The van der Waals surface area contributed by atoms with Crippen LogP contribution < -0.4 is 10.6 Å². The van der Waals surface area contributed by atoms with Gasteiger partial charge in [0.1, 0.15) is 18.3 Å². The third-order valence-electron chi connectivity index (χ3n) is 2.61. The molecule has 1 amide bonds. The molecule has 2 rings (SSSR count). The number of anilines is 1. The van der Waals surface area contributed by atoms with E-state index in [1.807, 2.05) is 6.92 Å².